The highest BCUT2D eigenvalue weighted by Gasteiger charge is 2.42. The Labute approximate surface area is 131 Å². The van der Waals surface area contributed by atoms with Crippen molar-refractivity contribution in [2.75, 3.05) is 18.4 Å². The molecule has 0 radical (unpaired) electrons. The van der Waals surface area contributed by atoms with Gasteiger partial charge in [-0.15, -0.1) is 0 Å². The molecule has 0 spiro atoms. The lowest BCUT2D eigenvalue weighted by Crippen LogP contribution is -2.60. The van der Waals surface area contributed by atoms with Gasteiger partial charge in [-0.2, -0.15) is 0 Å². The van der Waals surface area contributed by atoms with Gasteiger partial charge in [0.05, 0.1) is 0 Å². The molecule has 3 amide bonds. The van der Waals surface area contributed by atoms with Gasteiger partial charge in [-0.1, -0.05) is 25.1 Å². The van der Waals surface area contributed by atoms with E-state index in [1.807, 2.05) is 36.1 Å². The van der Waals surface area contributed by atoms with Crippen molar-refractivity contribution in [1.82, 2.24) is 9.80 Å². The molecular weight excluding hydrogens is 278 g/mol. The van der Waals surface area contributed by atoms with Gasteiger partial charge in [0, 0.05) is 24.8 Å². The van der Waals surface area contributed by atoms with Crippen LogP contribution < -0.4 is 5.32 Å². The molecule has 5 heteroatoms. The fourth-order valence-corrected chi connectivity index (χ4v) is 3.47. The molecule has 2 fully saturated rings. The van der Waals surface area contributed by atoms with Crippen molar-refractivity contribution < 1.29 is 9.59 Å². The number of carbonyl (C=O) groups excluding carboxylic acids is 2. The van der Waals surface area contributed by atoms with Crippen molar-refractivity contribution in [1.29, 1.82) is 0 Å². The number of rotatable bonds is 2. The van der Waals surface area contributed by atoms with Crippen LogP contribution in [0, 0.1) is 0 Å². The Morgan fingerprint density at radius 1 is 1.36 bits per heavy atom. The zero-order valence-corrected chi connectivity index (χ0v) is 13.2. The molecule has 1 aromatic carbocycles. The fourth-order valence-electron chi connectivity index (χ4n) is 3.47. The minimum absolute atomic E-state index is 0.0766. The normalized spacial score (nSPS) is 24.4. The molecule has 2 aliphatic heterocycles. The van der Waals surface area contributed by atoms with E-state index in [0.717, 1.165) is 37.1 Å². The molecule has 0 bridgehead atoms. The molecule has 2 heterocycles. The van der Waals surface area contributed by atoms with Crippen molar-refractivity contribution >= 4 is 17.6 Å². The lowest BCUT2D eigenvalue weighted by Gasteiger charge is -2.41. The molecule has 0 unspecified atom stereocenters. The maximum Gasteiger partial charge on any atom is 0.322 e. The Bertz CT molecular complexity index is 587. The van der Waals surface area contributed by atoms with Crippen LogP contribution >= 0.6 is 0 Å². The molecule has 2 saturated heterocycles. The van der Waals surface area contributed by atoms with Crippen LogP contribution in [0.25, 0.3) is 0 Å². The fraction of sp³-hybridized carbons (Fsp3) is 0.529. The number of hydrogen-bond donors (Lipinski definition) is 1. The minimum atomic E-state index is -0.386. The van der Waals surface area contributed by atoms with Crippen LogP contribution in [-0.2, 0) is 11.2 Å². The molecule has 22 heavy (non-hydrogen) atoms. The number of benzene rings is 1. The number of anilines is 1. The summed E-state index contributed by atoms with van der Waals surface area (Å²) in [5, 5.41) is 2.98. The van der Waals surface area contributed by atoms with E-state index < -0.39 is 0 Å². The van der Waals surface area contributed by atoms with Gasteiger partial charge in [0.15, 0.2) is 0 Å². The molecule has 2 atom stereocenters. The summed E-state index contributed by atoms with van der Waals surface area (Å²) in [6, 6.07) is 7.44. The Hall–Kier alpha value is -2.04. The molecule has 3 rings (SSSR count). The van der Waals surface area contributed by atoms with Crippen molar-refractivity contribution in [2.24, 2.45) is 0 Å². The summed E-state index contributed by atoms with van der Waals surface area (Å²) in [6.07, 6.45) is 2.90. The summed E-state index contributed by atoms with van der Waals surface area (Å²) in [5.41, 5.74) is 1.94. The van der Waals surface area contributed by atoms with Crippen LogP contribution in [0.15, 0.2) is 24.3 Å². The Morgan fingerprint density at radius 2 is 2.14 bits per heavy atom. The van der Waals surface area contributed by atoms with Crippen molar-refractivity contribution in [3.05, 3.63) is 29.8 Å². The number of fused-ring (bicyclic) bond motifs is 1. The lowest BCUT2D eigenvalue weighted by molar-refractivity contribution is -0.140. The van der Waals surface area contributed by atoms with Gasteiger partial charge < -0.3 is 15.1 Å². The van der Waals surface area contributed by atoms with E-state index in [9.17, 15) is 9.59 Å². The van der Waals surface area contributed by atoms with Gasteiger partial charge in [-0.05, 0) is 37.8 Å². The number of nitrogens with one attached hydrogen (secondary N) is 1. The molecule has 118 valence electrons. The van der Waals surface area contributed by atoms with Crippen LogP contribution in [0.1, 0.15) is 32.3 Å². The SMILES string of the molecule is CCc1ccccc1NC(=O)N1C[C@H]2CCCN2C(=O)[C@H]1C. The third kappa shape index (κ3) is 2.56. The molecule has 1 N–H and O–H groups in total. The largest absolute Gasteiger partial charge is 0.336 e. The first-order chi connectivity index (χ1) is 10.6. The topological polar surface area (TPSA) is 52.7 Å². The number of aryl methyl sites for hydroxylation is 1. The predicted octanol–water partition coefficient (Wildman–Crippen LogP) is 2.48. The molecule has 0 saturated carbocycles. The van der Waals surface area contributed by atoms with E-state index in [4.69, 9.17) is 0 Å². The molecule has 2 aliphatic rings. The van der Waals surface area contributed by atoms with Crippen LogP contribution in [-0.4, -0.2) is 46.9 Å². The number of hydrogen-bond acceptors (Lipinski definition) is 2. The van der Waals surface area contributed by atoms with Gasteiger partial charge in [-0.25, -0.2) is 4.79 Å². The third-order valence-corrected chi connectivity index (χ3v) is 4.79. The van der Waals surface area contributed by atoms with E-state index in [2.05, 4.69) is 12.2 Å². The van der Waals surface area contributed by atoms with Crippen LogP contribution in [0.2, 0.25) is 0 Å². The van der Waals surface area contributed by atoms with Crippen LogP contribution in [0.3, 0.4) is 0 Å². The molecule has 0 aliphatic carbocycles. The van der Waals surface area contributed by atoms with Gasteiger partial charge in [0.25, 0.3) is 0 Å². The highest BCUT2D eigenvalue weighted by molar-refractivity contribution is 5.95. The zero-order valence-electron chi connectivity index (χ0n) is 13.2. The van der Waals surface area contributed by atoms with Crippen molar-refractivity contribution in [2.45, 2.75) is 45.2 Å². The van der Waals surface area contributed by atoms with Crippen molar-refractivity contribution in [3.63, 3.8) is 0 Å². The number of nitrogens with zero attached hydrogens (tertiary/aromatic N) is 2. The maximum atomic E-state index is 12.6. The van der Waals surface area contributed by atoms with E-state index in [1.54, 1.807) is 4.90 Å². The summed E-state index contributed by atoms with van der Waals surface area (Å²) >= 11 is 0. The van der Waals surface area contributed by atoms with E-state index >= 15 is 0 Å². The zero-order chi connectivity index (χ0) is 15.7. The molecule has 5 nitrogen and oxygen atoms in total. The third-order valence-electron chi connectivity index (χ3n) is 4.79. The van der Waals surface area contributed by atoms with Crippen molar-refractivity contribution in [3.8, 4) is 0 Å². The maximum absolute atomic E-state index is 12.6. The number of urea groups is 1. The summed E-state index contributed by atoms with van der Waals surface area (Å²) in [7, 11) is 0. The molecular formula is C17H23N3O2. The second-order valence-electron chi connectivity index (χ2n) is 6.10. The molecule has 1 aromatic rings. The number of para-hydroxylation sites is 1. The van der Waals surface area contributed by atoms with E-state index in [1.165, 1.54) is 0 Å². The Kier molecular flexibility index (Phi) is 4.05. The van der Waals surface area contributed by atoms with E-state index in [0.29, 0.717) is 6.54 Å². The minimum Gasteiger partial charge on any atom is -0.336 e. The first kappa shape index (κ1) is 14.9. The Morgan fingerprint density at radius 3 is 2.91 bits per heavy atom. The average Bonchev–Trinajstić information content (AvgIpc) is 3.00. The van der Waals surface area contributed by atoms with Gasteiger partial charge in [-0.3, -0.25) is 4.79 Å². The number of amides is 3. The van der Waals surface area contributed by atoms with Gasteiger partial charge in [0.2, 0.25) is 5.91 Å². The highest BCUT2D eigenvalue weighted by atomic mass is 16.2. The lowest BCUT2D eigenvalue weighted by atomic mass is 10.1. The first-order valence-electron chi connectivity index (χ1n) is 8.07. The average molecular weight is 301 g/mol. The van der Waals surface area contributed by atoms with E-state index in [-0.39, 0.29) is 24.0 Å². The second-order valence-corrected chi connectivity index (χ2v) is 6.10. The van der Waals surface area contributed by atoms with Gasteiger partial charge in [0.1, 0.15) is 6.04 Å². The number of carbonyl (C=O) groups is 2. The molecule has 0 aromatic heterocycles. The summed E-state index contributed by atoms with van der Waals surface area (Å²) in [6.45, 7) is 5.35. The monoisotopic (exact) mass is 301 g/mol. The number of piperazine rings is 1. The van der Waals surface area contributed by atoms with Crippen LogP contribution in [0.4, 0.5) is 10.5 Å². The summed E-state index contributed by atoms with van der Waals surface area (Å²) in [4.78, 5) is 28.6. The van der Waals surface area contributed by atoms with Crippen LogP contribution in [0.5, 0.6) is 0 Å². The second kappa shape index (κ2) is 5.99. The Balaban J connectivity index is 1.75. The smallest absolute Gasteiger partial charge is 0.322 e. The predicted molar refractivity (Wildman–Crippen MR) is 85.7 cm³/mol. The quantitative estimate of drug-likeness (QED) is 0.912. The van der Waals surface area contributed by atoms with Gasteiger partial charge >= 0.3 is 6.03 Å². The first-order valence-corrected chi connectivity index (χ1v) is 8.07. The summed E-state index contributed by atoms with van der Waals surface area (Å²) < 4.78 is 0. The standard InChI is InChI=1S/C17H23N3O2/c1-3-13-7-4-5-9-15(13)18-17(22)20-11-14-8-6-10-19(14)16(21)12(20)2/h4-5,7,9,12,14H,3,6,8,10-11H2,1-2H3,(H,18,22)/t12-,14-/m1/s1. The highest BCUT2D eigenvalue weighted by Crippen LogP contribution is 2.26. The summed E-state index contributed by atoms with van der Waals surface area (Å²) in [5.74, 6) is 0.0766.